The fraction of sp³-hybridized carbons (Fsp3) is 0.136. The molecule has 2 heterocycles. The molecule has 0 aliphatic rings. The predicted molar refractivity (Wildman–Crippen MR) is 108 cm³/mol. The van der Waals surface area contributed by atoms with Crippen molar-refractivity contribution >= 4 is 22.6 Å². The third-order valence-electron chi connectivity index (χ3n) is 4.64. The lowest BCUT2D eigenvalue weighted by atomic mass is 10.1. The molecule has 0 atom stereocenters. The van der Waals surface area contributed by atoms with Crippen LogP contribution < -0.4 is 5.32 Å². The molecule has 1 N–H and O–H groups in total. The number of nitrogens with zero attached hydrogens (tertiary/aromatic N) is 3. The molecule has 0 saturated carbocycles. The average molecular weight is 356 g/mol. The summed E-state index contributed by atoms with van der Waals surface area (Å²) in [7, 11) is 1.83. The van der Waals surface area contributed by atoms with E-state index in [4.69, 9.17) is 4.98 Å². The van der Waals surface area contributed by atoms with Crippen LogP contribution >= 0.6 is 0 Å². The maximum Gasteiger partial charge on any atom is 0.256 e. The number of carbonyl (C=O) groups excluding carboxylic acids is 1. The van der Waals surface area contributed by atoms with Gasteiger partial charge in [-0.05, 0) is 30.2 Å². The molecule has 0 aliphatic carbocycles. The van der Waals surface area contributed by atoms with E-state index in [9.17, 15) is 4.79 Å². The third-order valence-corrected chi connectivity index (χ3v) is 4.64. The molecule has 0 unspecified atom stereocenters. The van der Waals surface area contributed by atoms with Gasteiger partial charge in [-0.2, -0.15) is 5.10 Å². The topological polar surface area (TPSA) is 59.8 Å². The summed E-state index contributed by atoms with van der Waals surface area (Å²) in [4.78, 5) is 17.7. The van der Waals surface area contributed by atoms with Crippen molar-refractivity contribution < 1.29 is 4.79 Å². The molecule has 27 heavy (non-hydrogen) atoms. The Morgan fingerprint density at radius 1 is 1.07 bits per heavy atom. The molecular formula is C22H20N4O. The largest absolute Gasteiger partial charge is 0.322 e. The number of fused-ring (bicyclic) bond motifs is 1. The standard InChI is InChI=1S/C22H20N4O/c1-3-15-9-11-17(12-10-15)24-22(27)18-13-20(16-7-5-4-6-8-16)25-21-19(18)14-23-26(21)2/h4-14H,3H2,1-2H3,(H,24,27). The van der Waals surface area contributed by atoms with Crippen LogP contribution in [0.1, 0.15) is 22.8 Å². The Labute approximate surface area is 157 Å². The van der Waals surface area contributed by atoms with E-state index in [0.717, 1.165) is 28.8 Å². The molecular weight excluding hydrogens is 336 g/mol. The van der Waals surface area contributed by atoms with Gasteiger partial charge >= 0.3 is 0 Å². The quantitative estimate of drug-likeness (QED) is 0.588. The molecule has 0 fully saturated rings. The minimum Gasteiger partial charge on any atom is -0.322 e. The molecule has 1 amide bonds. The summed E-state index contributed by atoms with van der Waals surface area (Å²) in [6, 6.07) is 19.6. The number of nitrogens with one attached hydrogen (secondary N) is 1. The van der Waals surface area contributed by atoms with Gasteiger partial charge in [-0.1, -0.05) is 49.4 Å². The molecule has 4 aromatic rings. The van der Waals surface area contributed by atoms with Crippen molar-refractivity contribution in [2.75, 3.05) is 5.32 Å². The van der Waals surface area contributed by atoms with Gasteiger partial charge in [0.2, 0.25) is 0 Å². The normalized spacial score (nSPS) is 10.9. The maximum atomic E-state index is 13.0. The third kappa shape index (κ3) is 3.31. The van der Waals surface area contributed by atoms with Crippen molar-refractivity contribution in [2.24, 2.45) is 7.05 Å². The van der Waals surface area contributed by atoms with Gasteiger partial charge in [0.25, 0.3) is 5.91 Å². The Bertz CT molecular complexity index is 1100. The monoisotopic (exact) mass is 356 g/mol. The van der Waals surface area contributed by atoms with Crippen LogP contribution in [0, 0.1) is 0 Å². The Morgan fingerprint density at radius 3 is 2.52 bits per heavy atom. The summed E-state index contributed by atoms with van der Waals surface area (Å²) in [5.41, 5.74) is 4.96. The lowest BCUT2D eigenvalue weighted by Gasteiger charge is -2.09. The van der Waals surface area contributed by atoms with Gasteiger partial charge in [0.1, 0.15) is 0 Å². The zero-order valence-corrected chi connectivity index (χ0v) is 15.3. The molecule has 4 rings (SSSR count). The minimum atomic E-state index is -0.170. The van der Waals surface area contributed by atoms with E-state index in [2.05, 4.69) is 17.3 Å². The Morgan fingerprint density at radius 2 is 1.81 bits per heavy atom. The second kappa shape index (κ2) is 7.03. The van der Waals surface area contributed by atoms with Crippen LogP contribution in [0.2, 0.25) is 0 Å². The first-order valence-corrected chi connectivity index (χ1v) is 8.94. The second-order valence-electron chi connectivity index (χ2n) is 6.43. The summed E-state index contributed by atoms with van der Waals surface area (Å²) in [5.74, 6) is -0.170. The average Bonchev–Trinajstić information content (AvgIpc) is 3.09. The van der Waals surface area contributed by atoms with Crippen molar-refractivity contribution in [3.8, 4) is 11.3 Å². The number of aromatic nitrogens is 3. The van der Waals surface area contributed by atoms with Gasteiger partial charge in [0, 0.05) is 18.3 Å². The summed E-state index contributed by atoms with van der Waals surface area (Å²) in [5, 5.41) is 8.00. The zero-order chi connectivity index (χ0) is 18.8. The first kappa shape index (κ1) is 17.0. The number of rotatable bonds is 4. The van der Waals surface area contributed by atoms with Gasteiger partial charge in [-0.25, -0.2) is 4.98 Å². The Hall–Kier alpha value is -3.47. The Balaban J connectivity index is 1.76. The van der Waals surface area contributed by atoms with Crippen LogP contribution in [0.4, 0.5) is 5.69 Å². The van der Waals surface area contributed by atoms with Crippen molar-refractivity contribution in [1.29, 1.82) is 0 Å². The highest BCUT2D eigenvalue weighted by atomic mass is 16.1. The van der Waals surface area contributed by atoms with Gasteiger partial charge in [-0.15, -0.1) is 0 Å². The van der Waals surface area contributed by atoms with Crippen molar-refractivity contribution in [1.82, 2.24) is 14.8 Å². The van der Waals surface area contributed by atoms with E-state index >= 15 is 0 Å². The highest BCUT2D eigenvalue weighted by Gasteiger charge is 2.17. The summed E-state index contributed by atoms with van der Waals surface area (Å²) < 4.78 is 1.69. The number of carbonyl (C=O) groups is 1. The molecule has 0 saturated heterocycles. The first-order valence-electron chi connectivity index (χ1n) is 8.94. The highest BCUT2D eigenvalue weighted by molar-refractivity contribution is 6.12. The van der Waals surface area contributed by atoms with E-state index < -0.39 is 0 Å². The molecule has 0 spiro atoms. The lowest BCUT2D eigenvalue weighted by Crippen LogP contribution is -2.13. The lowest BCUT2D eigenvalue weighted by molar-refractivity contribution is 0.102. The number of anilines is 1. The van der Waals surface area contributed by atoms with Crippen LogP contribution in [0.3, 0.4) is 0 Å². The fourth-order valence-corrected chi connectivity index (χ4v) is 3.08. The molecule has 0 bridgehead atoms. The molecule has 5 heteroatoms. The molecule has 0 radical (unpaired) electrons. The van der Waals surface area contributed by atoms with Crippen molar-refractivity contribution in [3.05, 3.63) is 78.0 Å². The number of hydrogen-bond acceptors (Lipinski definition) is 3. The van der Waals surface area contributed by atoms with Crippen molar-refractivity contribution in [3.63, 3.8) is 0 Å². The molecule has 2 aromatic heterocycles. The second-order valence-corrected chi connectivity index (χ2v) is 6.43. The minimum absolute atomic E-state index is 0.170. The fourth-order valence-electron chi connectivity index (χ4n) is 3.08. The number of hydrogen-bond donors (Lipinski definition) is 1. The van der Waals surface area contributed by atoms with Gasteiger partial charge in [0.15, 0.2) is 5.65 Å². The summed E-state index contributed by atoms with van der Waals surface area (Å²) >= 11 is 0. The van der Waals surface area contributed by atoms with E-state index in [1.807, 2.05) is 67.7 Å². The number of pyridine rings is 1. The van der Waals surface area contributed by atoms with Gasteiger partial charge in [0.05, 0.1) is 22.8 Å². The highest BCUT2D eigenvalue weighted by Crippen LogP contribution is 2.25. The van der Waals surface area contributed by atoms with Crippen LogP contribution in [0.15, 0.2) is 66.9 Å². The first-order chi connectivity index (χ1) is 13.2. The molecule has 134 valence electrons. The molecule has 0 aliphatic heterocycles. The number of benzene rings is 2. The van der Waals surface area contributed by atoms with Gasteiger partial charge in [-0.3, -0.25) is 9.48 Å². The van der Waals surface area contributed by atoms with E-state index in [1.165, 1.54) is 5.56 Å². The van der Waals surface area contributed by atoms with Crippen LogP contribution in [-0.4, -0.2) is 20.7 Å². The van der Waals surface area contributed by atoms with E-state index in [0.29, 0.717) is 11.2 Å². The summed E-state index contributed by atoms with van der Waals surface area (Å²) in [6.07, 6.45) is 2.65. The van der Waals surface area contributed by atoms with Crippen LogP contribution in [-0.2, 0) is 13.5 Å². The van der Waals surface area contributed by atoms with E-state index in [1.54, 1.807) is 10.9 Å². The molecule has 2 aromatic carbocycles. The SMILES string of the molecule is CCc1ccc(NC(=O)c2cc(-c3ccccc3)nc3c2cnn3C)cc1. The number of aryl methyl sites for hydroxylation is 2. The van der Waals surface area contributed by atoms with Crippen molar-refractivity contribution in [2.45, 2.75) is 13.3 Å². The maximum absolute atomic E-state index is 13.0. The zero-order valence-electron chi connectivity index (χ0n) is 15.3. The molecule has 5 nitrogen and oxygen atoms in total. The smallest absolute Gasteiger partial charge is 0.256 e. The number of amides is 1. The van der Waals surface area contributed by atoms with E-state index in [-0.39, 0.29) is 5.91 Å². The predicted octanol–water partition coefficient (Wildman–Crippen LogP) is 4.45. The van der Waals surface area contributed by atoms with Crippen LogP contribution in [0.25, 0.3) is 22.3 Å². The summed E-state index contributed by atoms with van der Waals surface area (Å²) in [6.45, 7) is 2.11. The van der Waals surface area contributed by atoms with Gasteiger partial charge < -0.3 is 5.32 Å². The van der Waals surface area contributed by atoms with Crippen LogP contribution in [0.5, 0.6) is 0 Å². The Kier molecular flexibility index (Phi) is 4.42.